The Bertz CT molecular complexity index is 602. The zero-order chi connectivity index (χ0) is 13.1. The molecule has 0 fully saturated rings. The molecule has 7 nitrogen and oxygen atoms in total. The van der Waals surface area contributed by atoms with Gasteiger partial charge in [0.25, 0.3) is 5.91 Å². The molecule has 0 radical (unpaired) electrons. The van der Waals surface area contributed by atoms with E-state index in [2.05, 4.69) is 25.8 Å². The molecule has 1 amide bonds. The molecule has 2 N–H and O–H groups in total. The fourth-order valence-corrected chi connectivity index (χ4v) is 1.72. The Kier molecular flexibility index (Phi) is 2.93. The maximum Gasteiger partial charge on any atom is 0.273 e. The number of hydrogen-bond acceptors (Lipinski definition) is 6. The zero-order valence-corrected chi connectivity index (χ0v) is 9.96. The van der Waals surface area contributed by atoms with E-state index in [9.17, 15) is 4.79 Å². The van der Waals surface area contributed by atoms with Gasteiger partial charge < -0.3 is 15.4 Å². The smallest absolute Gasteiger partial charge is 0.273 e. The fraction of sp³-hybridized carbons (Fsp3) is 0.167. The van der Waals surface area contributed by atoms with Crippen molar-refractivity contribution >= 4 is 17.4 Å². The lowest BCUT2D eigenvalue weighted by atomic mass is 10.3. The normalized spacial score (nSPS) is 13.8. The van der Waals surface area contributed by atoms with E-state index in [4.69, 9.17) is 4.74 Å². The van der Waals surface area contributed by atoms with Crippen molar-refractivity contribution in [2.24, 2.45) is 0 Å². The summed E-state index contributed by atoms with van der Waals surface area (Å²) in [7, 11) is 0. The molecule has 3 heterocycles. The Hall–Kier alpha value is -2.70. The average molecular weight is 257 g/mol. The van der Waals surface area contributed by atoms with Crippen molar-refractivity contribution in [1.82, 2.24) is 20.5 Å². The maximum absolute atomic E-state index is 11.8. The van der Waals surface area contributed by atoms with Gasteiger partial charge in [-0.3, -0.25) is 4.79 Å². The van der Waals surface area contributed by atoms with Crippen LogP contribution in [-0.2, 0) is 0 Å². The van der Waals surface area contributed by atoms with E-state index in [1.165, 1.54) is 0 Å². The van der Waals surface area contributed by atoms with Crippen molar-refractivity contribution in [1.29, 1.82) is 0 Å². The Morgan fingerprint density at radius 3 is 3.05 bits per heavy atom. The number of carbonyl (C=O) groups excluding carboxylic acids is 1. The Morgan fingerprint density at radius 1 is 1.26 bits per heavy atom. The Balaban J connectivity index is 1.90. The van der Waals surface area contributed by atoms with Crippen LogP contribution in [0.25, 0.3) is 0 Å². The number of nitrogens with zero attached hydrogens (tertiary/aromatic N) is 3. The van der Waals surface area contributed by atoms with Crippen molar-refractivity contribution in [2.45, 2.75) is 0 Å². The molecule has 0 bridgehead atoms. The molecule has 2 aromatic rings. The zero-order valence-electron chi connectivity index (χ0n) is 9.96. The van der Waals surface area contributed by atoms with Gasteiger partial charge in [0.1, 0.15) is 12.4 Å². The van der Waals surface area contributed by atoms with Gasteiger partial charge in [0, 0.05) is 0 Å². The van der Waals surface area contributed by atoms with Crippen molar-refractivity contribution < 1.29 is 9.53 Å². The summed E-state index contributed by atoms with van der Waals surface area (Å²) in [6.45, 7) is 0.924. The summed E-state index contributed by atoms with van der Waals surface area (Å²) in [6.07, 6.45) is 3.14. The second kappa shape index (κ2) is 4.89. The first-order valence-corrected chi connectivity index (χ1v) is 5.79. The van der Waals surface area contributed by atoms with E-state index in [1.54, 1.807) is 30.6 Å². The van der Waals surface area contributed by atoms with Crippen molar-refractivity contribution in [3.05, 3.63) is 36.3 Å². The minimum atomic E-state index is -0.232. The summed E-state index contributed by atoms with van der Waals surface area (Å²) in [4.78, 5) is 16.1. The highest BCUT2D eigenvalue weighted by Crippen LogP contribution is 2.22. The number of aromatic nitrogens is 3. The molecule has 0 spiro atoms. The van der Waals surface area contributed by atoms with Gasteiger partial charge >= 0.3 is 0 Å². The lowest BCUT2D eigenvalue weighted by Crippen LogP contribution is -2.25. The van der Waals surface area contributed by atoms with Crippen LogP contribution in [0.2, 0.25) is 0 Å². The van der Waals surface area contributed by atoms with Crippen LogP contribution in [-0.4, -0.2) is 34.2 Å². The lowest BCUT2D eigenvalue weighted by molar-refractivity contribution is 0.0952. The molecule has 7 heteroatoms. The summed E-state index contributed by atoms with van der Waals surface area (Å²) in [5, 5.41) is 13.2. The van der Waals surface area contributed by atoms with Crippen molar-refractivity contribution in [2.75, 3.05) is 18.5 Å². The molecule has 1 aliphatic rings. The molecule has 3 rings (SSSR count). The van der Waals surface area contributed by atoms with Gasteiger partial charge in [0.15, 0.2) is 11.4 Å². The van der Waals surface area contributed by atoms with Crippen LogP contribution in [0.15, 0.2) is 30.6 Å². The molecule has 0 aromatic carbocycles. The first kappa shape index (κ1) is 11.4. The van der Waals surface area contributed by atoms with E-state index >= 15 is 0 Å². The quantitative estimate of drug-likeness (QED) is 0.824. The van der Waals surface area contributed by atoms with Crippen LogP contribution in [0, 0.1) is 0 Å². The number of carbonyl (C=O) groups is 1. The summed E-state index contributed by atoms with van der Waals surface area (Å²) < 4.78 is 5.43. The van der Waals surface area contributed by atoms with Crippen LogP contribution in [0.1, 0.15) is 10.5 Å². The van der Waals surface area contributed by atoms with E-state index < -0.39 is 0 Å². The topological polar surface area (TPSA) is 89.0 Å². The van der Waals surface area contributed by atoms with Gasteiger partial charge in [-0.2, -0.15) is 10.2 Å². The number of pyridine rings is 1. The maximum atomic E-state index is 11.8. The molecule has 1 aliphatic heterocycles. The number of ether oxygens (including phenoxy) is 1. The van der Waals surface area contributed by atoms with Gasteiger partial charge in [-0.1, -0.05) is 0 Å². The predicted molar refractivity (Wildman–Crippen MR) is 67.4 cm³/mol. The van der Waals surface area contributed by atoms with Crippen LogP contribution < -0.4 is 15.4 Å². The minimum Gasteiger partial charge on any atom is -0.489 e. The SMILES string of the molecule is O=C1NCCOc2ccc(Nc3ccnnc3)nc21. The molecule has 19 heavy (non-hydrogen) atoms. The van der Waals surface area contributed by atoms with Gasteiger partial charge in [-0.25, -0.2) is 4.98 Å². The van der Waals surface area contributed by atoms with E-state index in [-0.39, 0.29) is 11.6 Å². The van der Waals surface area contributed by atoms with E-state index in [0.29, 0.717) is 24.7 Å². The molecule has 0 saturated heterocycles. The summed E-state index contributed by atoms with van der Waals surface area (Å²) in [5.74, 6) is 0.810. The van der Waals surface area contributed by atoms with Crippen LogP contribution in [0.5, 0.6) is 5.75 Å². The molecule has 0 unspecified atom stereocenters. The van der Waals surface area contributed by atoms with Crippen LogP contribution >= 0.6 is 0 Å². The number of anilines is 2. The first-order chi connectivity index (χ1) is 9.33. The van der Waals surface area contributed by atoms with Gasteiger partial charge in [0.2, 0.25) is 0 Å². The van der Waals surface area contributed by atoms with Crippen LogP contribution in [0.3, 0.4) is 0 Å². The number of amides is 1. The Morgan fingerprint density at radius 2 is 2.21 bits per heavy atom. The molecule has 0 aliphatic carbocycles. The van der Waals surface area contributed by atoms with Gasteiger partial charge in [0.05, 0.1) is 24.6 Å². The molecular formula is C12H11N5O2. The number of fused-ring (bicyclic) bond motifs is 1. The minimum absolute atomic E-state index is 0.232. The third-order valence-electron chi connectivity index (χ3n) is 2.58. The fourth-order valence-electron chi connectivity index (χ4n) is 1.72. The largest absolute Gasteiger partial charge is 0.489 e. The number of hydrogen-bond donors (Lipinski definition) is 2. The van der Waals surface area contributed by atoms with E-state index in [1.807, 2.05) is 0 Å². The number of nitrogens with one attached hydrogen (secondary N) is 2. The van der Waals surface area contributed by atoms with Gasteiger partial charge in [-0.05, 0) is 18.2 Å². The second-order valence-electron chi connectivity index (χ2n) is 3.90. The molecule has 2 aromatic heterocycles. The third-order valence-corrected chi connectivity index (χ3v) is 2.58. The molecular weight excluding hydrogens is 246 g/mol. The Labute approximate surface area is 109 Å². The van der Waals surface area contributed by atoms with Crippen molar-refractivity contribution in [3.8, 4) is 5.75 Å². The number of rotatable bonds is 2. The lowest BCUT2D eigenvalue weighted by Gasteiger charge is -2.08. The van der Waals surface area contributed by atoms with Crippen LogP contribution in [0.4, 0.5) is 11.5 Å². The third kappa shape index (κ3) is 2.44. The summed E-state index contributed by atoms with van der Waals surface area (Å²) in [6, 6.07) is 5.24. The van der Waals surface area contributed by atoms with Gasteiger partial charge in [-0.15, -0.1) is 0 Å². The monoisotopic (exact) mass is 257 g/mol. The molecule has 0 atom stereocenters. The molecule has 0 saturated carbocycles. The van der Waals surface area contributed by atoms with E-state index in [0.717, 1.165) is 5.69 Å². The second-order valence-corrected chi connectivity index (χ2v) is 3.90. The molecule has 96 valence electrons. The highest BCUT2D eigenvalue weighted by Gasteiger charge is 2.18. The first-order valence-electron chi connectivity index (χ1n) is 5.79. The predicted octanol–water partition coefficient (Wildman–Crippen LogP) is 0.737. The van der Waals surface area contributed by atoms with Crippen molar-refractivity contribution in [3.63, 3.8) is 0 Å². The summed E-state index contributed by atoms with van der Waals surface area (Å²) >= 11 is 0. The highest BCUT2D eigenvalue weighted by atomic mass is 16.5. The highest BCUT2D eigenvalue weighted by molar-refractivity contribution is 5.95. The summed E-state index contributed by atoms with van der Waals surface area (Å²) in [5.41, 5.74) is 1.03. The average Bonchev–Trinajstić information content (AvgIpc) is 2.62. The standard InChI is InChI=1S/C12H11N5O2/c18-12-11-9(19-6-5-13-12)1-2-10(17-11)16-8-3-4-14-15-7-8/h1-4,7H,5-6H2,(H,13,18)(H,14,16,17).